The molecular weight excluding hydrogens is 440 g/mol. The van der Waals surface area contributed by atoms with Crippen molar-refractivity contribution in [1.29, 1.82) is 0 Å². The van der Waals surface area contributed by atoms with Crippen LogP contribution in [-0.2, 0) is 20.9 Å². The van der Waals surface area contributed by atoms with E-state index in [1.165, 1.54) is 0 Å². The number of ether oxygens (including phenoxy) is 2. The van der Waals surface area contributed by atoms with Crippen LogP contribution in [-0.4, -0.2) is 79.1 Å². The van der Waals surface area contributed by atoms with Gasteiger partial charge in [-0.2, -0.15) is 0 Å². The maximum Gasteiger partial charge on any atom is 0.265 e. The minimum absolute atomic E-state index is 0.0384. The van der Waals surface area contributed by atoms with Crippen LogP contribution in [0.4, 0.5) is 5.69 Å². The van der Waals surface area contributed by atoms with E-state index in [9.17, 15) is 9.59 Å². The summed E-state index contributed by atoms with van der Waals surface area (Å²) < 4.78 is 12.5. The van der Waals surface area contributed by atoms with E-state index >= 15 is 0 Å². The van der Waals surface area contributed by atoms with Crippen LogP contribution in [0.2, 0.25) is 0 Å². The van der Waals surface area contributed by atoms with Crippen LogP contribution in [0.5, 0.6) is 5.75 Å². The normalized spacial score (nSPS) is 18.0. The van der Waals surface area contributed by atoms with Gasteiger partial charge < -0.3 is 24.2 Å². The molecule has 1 saturated heterocycles. The summed E-state index contributed by atoms with van der Waals surface area (Å²) in [6, 6.07) is 15.5. The van der Waals surface area contributed by atoms with Crippen molar-refractivity contribution in [2.24, 2.45) is 0 Å². The number of para-hydroxylation sites is 3. The Morgan fingerprint density at radius 1 is 1.12 bits per heavy atom. The van der Waals surface area contributed by atoms with Crippen molar-refractivity contribution < 1.29 is 19.1 Å². The van der Waals surface area contributed by atoms with Gasteiger partial charge in [-0.1, -0.05) is 24.3 Å². The zero-order chi connectivity index (χ0) is 22.8. The molecule has 8 nitrogen and oxygen atoms in total. The third kappa shape index (κ3) is 4.65. The summed E-state index contributed by atoms with van der Waals surface area (Å²) >= 11 is 1.60. The predicted octanol–water partition coefficient (Wildman–Crippen LogP) is 2.38. The Hall–Kier alpha value is -3.17. The van der Waals surface area contributed by atoms with E-state index in [0.717, 1.165) is 20.9 Å². The number of morpholine rings is 1. The number of likely N-dealkylation sites (N-methyl/N-ethyl adjacent to an activating group) is 1. The zero-order valence-corrected chi connectivity index (χ0v) is 19.3. The third-order valence-corrected chi connectivity index (χ3v) is 6.94. The number of nitrogens with zero attached hydrogens (tertiary/aromatic N) is 4. The summed E-state index contributed by atoms with van der Waals surface area (Å²) in [5.74, 6) is 0.522. The Kier molecular flexibility index (Phi) is 6.15. The first-order valence-corrected chi connectivity index (χ1v) is 11.9. The molecule has 0 aliphatic carbocycles. The highest BCUT2D eigenvalue weighted by atomic mass is 32.1. The highest BCUT2D eigenvalue weighted by molar-refractivity contribution is 7.18. The topological polar surface area (TPSA) is 75.2 Å². The Bertz CT molecular complexity index is 1130. The number of aromatic nitrogens is 1. The Morgan fingerprint density at radius 3 is 2.70 bits per heavy atom. The van der Waals surface area contributed by atoms with Gasteiger partial charge in [-0.3, -0.25) is 9.59 Å². The summed E-state index contributed by atoms with van der Waals surface area (Å²) in [5, 5.41) is 0.898. The first kappa shape index (κ1) is 21.7. The van der Waals surface area contributed by atoms with Gasteiger partial charge in [-0.05, 0) is 24.3 Å². The van der Waals surface area contributed by atoms with Crippen LogP contribution in [0.3, 0.4) is 0 Å². The summed E-state index contributed by atoms with van der Waals surface area (Å²) in [6.45, 7) is 3.12. The van der Waals surface area contributed by atoms with Gasteiger partial charge in [0.25, 0.3) is 5.91 Å². The van der Waals surface area contributed by atoms with Crippen molar-refractivity contribution in [3.63, 3.8) is 0 Å². The van der Waals surface area contributed by atoms with Gasteiger partial charge in [-0.25, -0.2) is 4.98 Å². The molecule has 2 aromatic carbocycles. The SMILES string of the molecule is CN(Cc1nc2ccccc2s1)C(=O)CN1C[C@H](C(=O)N2CCOCC2)Oc2ccccc21. The van der Waals surface area contributed by atoms with Crippen LogP contribution < -0.4 is 9.64 Å². The predicted molar refractivity (Wildman–Crippen MR) is 127 cm³/mol. The molecule has 3 aromatic rings. The molecule has 0 unspecified atom stereocenters. The average Bonchev–Trinajstić information content (AvgIpc) is 3.26. The number of carbonyl (C=O) groups excluding carboxylic acids is 2. The van der Waals surface area contributed by atoms with E-state index < -0.39 is 6.10 Å². The molecular formula is C24H26N4O4S. The number of amides is 2. The monoisotopic (exact) mass is 466 g/mol. The van der Waals surface area contributed by atoms with Crippen LogP contribution in [0.1, 0.15) is 5.01 Å². The van der Waals surface area contributed by atoms with E-state index in [1.807, 2.05) is 53.4 Å². The van der Waals surface area contributed by atoms with Gasteiger partial charge in [-0.15, -0.1) is 11.3 Å². The van der Waals surface area contributed by atoms with E-state index in [1.54, 1.807) is 28.2 Å². The van der Waals surface area contributed by atoms with Gasteiger partial charge >= 0.3 is 0 Å². The second kappa shape index (κ2) is 9.36. The summed E-state index contributed by atoms with van der Waals surface area (Å²) in [5.41, 5.74) is 1.77. The second-order valence-electron chi connectivity index (χ2n) is 8.22. The molecule has 2 amide bonds. The molecule has 1 atom stereocenters. The first-order chi connectivity index (χ1) is 16.1. The summed E-state index contributed by atoms with van der Waals surface area (Å²) in [6.07, 6.45) is -0.652. The highest BCUT2D eigenvalue weighted by Crippen LogP contribution is 2.33. The van der Waals surface area contributed by atoms with Crippen molar-refractivity contribution in [2.45, 2.75) is 12.6 Å². The van der Waals surface area contributed by atoms with Crippen LogP contribution >= 0.6 is 11.3 Å². The van der Waals surface area contributed by atoms with Crippen LogP contribution in [0.15, 0.2) is 48.5 Å². The van der Waals surface area contributed by atoms with Gasteiger partial charge in [0, 0.05) is 20.1 Å². The van der Waals surface area contributed by atoms with E-state index in [2.05, 4.69) is 4.98 Å². The quantitative estimate of drug-likeness (QED) is 0.575. The summed E-state index contributed by atoms with van der Waals surface area (Å²) in [4.78, 5) is 36.2. The molecule has 9 heteroatoms. The molecule has 0 saturated carbocycles. The van der Waals surface area contributed by atoms with Crippen molar-refractivity contribution in [1.82, 2.24) is 14.8 Å². The smallest absolute Gasteiger partial charge is 0.265 e. The number of fused-ring (bicyclic) bond motifs is 2. The number of hydrogen-bond donors (Lipinski definition) is 0. The number of benzene rings is 2. The standard InChI is InChI=1S/C24H26N4O4S/c1-26(15-22-25-17-6-2-5-9-21(17)33-22)23(29)16-28-14-20(24(30)27-10-12-31-13-11-27)32-19-8-4-3-7-18(19)28/h2-9,20H,10-16H2,1H3/t20-/m1/s1. The van der Waals surface area contributed by atoms with Gasteiger partial charge in [0.2, 0.25) is 5.91 Å². The lowest BCUT2D eigenvalue weighted by molar-refractivity contribution is -0.143. The van der Waals surface area contributed by atoms with E-state index in [4.69, 9.17) is 9.47 Å². The molecule has 1 fully saturated rings. The molecule has 2 aliphatic heterocycles. The molecule has 5 rings (SSSR count). The molecule has 0 bridgehead atoms. The Morgan fingerprint density at radius 2 is 1.88 bits per heavy atom. The van der Waals surface area contributed by atoms with Crippen molar-refractivity contribution in [3.05, 3.63) is 53.5 Å². The minimum Gasteiger partial charge on any atom is -0.477 e. The number of rotatable bonds is 5. The number of anilines is 1. The van der Waals surface area contributed by atoms with Gasteiger partial charge in [0.15, 0.2) is 6.10 Å². The average molecular weight is 467 g/mol. The molecule has 3 heterocycles. The van der Waals surface area contributed by atoms with Gasteiger partial charge in [0.05, 0.1) is 48.8 Å². The molecule has 0 N–H and O–H groups in total. The Balaban J connectivity index is 1.29. The third-order valence-electron chi connectivity index (χ3n) is 5.92. The molecule has 0 radical (unpaired) electrons. The van der Waals surface area contributed by atoms with Crippen LogP contribution in [0, 0.1) is 0 Å². The lowest BCUT2D eigenvalue weighted by Crippen LogP contribution is -2.54. The van der Waals surface area contributed by atoms with Crippen molar-refractivity contribution in [3.8, 4) is 5.75 Å². The summed E-state index contributed by atoms with van der Waals surface area (Å²) in [7, 11) is 1.79. The van der Waals surface area contributed by atoms with Crippen molar-refractivity contribution in [2.75, 3.05) is 51.3 Å². The number of thiazole rings is 1. The zero-order valence-electron chi connectivity index (χ0n) is 18.5. The minimum atomic E-state index is -0.652. The van der Waals surface area contributed by atoms with Crippen molar-refractivity contribution >= 4 is 39.1 Å². The lowest BCUT2D eigenvalue weighted by Gasteiger charge is -2.38. The largest absolute Gasteiger partial charge is 0.477 e. The first-order valence-electron chi connectivity index (χ1n) is 11.0. The second-order valence-corrected chi connectivity index (χ2v) is 9.33. The fraction of sp³-hybridized carbons (Fsp3) is 0.375. The molecule has 0 spiro atoms. The number of hydrogen-bond acceptors (Lipinski definition) is 7. The molecule has 172 valence electrons. The molecule has 33 heavy (non-hydrogen) atoms. The fourth-order valence-corrected chi connectivity index (χ4v) is 5.16. The number of carbonyl (C=O) groups is 2. The van der Waals surface area contributed by atoms with Crippen LogP contribution in [0.25, 0.3) is 10.2 Å². The maximum absolute atomic E-state index is 13.1. The Labute approximate surface area is 196 Å². The maximum atomic E-state index is 13.1. The fourth-order valence-electron chi connectivity index (χ4n) is 4.14. The van der Waals surface area contributed by atoms with E-state index in [-0.39, 0.29) is 18.4 Å². The lowest BCUT2D eigenvalue weighted by atomic mass is 10.1. The highest BCUT2D eigenvalue weighted by Gasteiger charge is 2.35. The molecule has 1 aromatic heterocycles. The van der Waals surface area contributed by atoms with E-state index in [0.29, 0.717) is 45.1 Å². The molecule has 2 aliphatic rings. The van der Waals surface area contributed by atoms with Gasteiger partial charge in [0.1, 0.15) is 10.8 Å².